The highest BCUT2D eigenvalue weighted by molar-refractivity contribution is 7.99. The zero-order valence-electron chi connectivity index (χ0n) is 14.5. The van der Waals surface area contributed by atoms with Gasteiger partial charge in [0, 0.05) is 11.4 Å². The molecule has 1 unspecified atom stereocenters. The Labute approximate surface area is 155 Å². The quantitative estimate of drug-likeness (QED) is 0.365. The molecule has 7 heteroatoms. The summed E-state index contributed by atoms with van der Waals surface area (Å²) < 4.78 is 4.96. The summed E-state index contributed by atoms with van der Waals surface area (Å²) in [6.45, 7) is 5.46. The zero-order chi connectivity index (χ0) is 18.7. The Bertz CT molecular complexity index is 935. The van der Waals surface area contributed by atoms with E-state index in [4.69, 9.17) is 4.74 Å². The molecule has 1 aliphatic rings. The fraction of sp³-hybridized carbons (Fsp3) is 0.211. The summed E-state index contributed by atoms with van der Waals surface area (Å²) in [5, 5.41) is 3.59. The molecule has 0 spiro atoms. The molecule has 0 aliphatic carbocycles. The maximum Gasteiger partial charge on any atom is 0.336 e. The Kier molecular flexibility index (Phi) is 5.27. The third kappa shape index (κ3) is 3.30. The van der Waals surface area contributed by atoms with Crippen molar-refractivity contribution in [2.45, 2.75) is 18.0 Å². The molecule has 0 radical (unpaired) electrons. The van der Waals surface area contributed by atoms with E-state index in [1.807, 2.05) is 30.3 Å². The van der Waals surface area contributed by atoms with Gasteiger partial charge in [0.05, 0.1) is 24.2 Å². The predicted molar refractivity (Wildman–Crippen MR) is 102 cm³/mol. The number of esters is 1. The van der Waals surface area contributed by atoms with Crippen LogP contribution in [-0.4, -0.2) is 28.8 Å². The first-order valence-electron chi connectivity index (χ1n) is 8.05. The second kappa shape index (κ2) is 7.61. The van der Waals surface area contributed by atoms with Crippen molar-refractivity contribution in [1.29, 1.82) is 0 Å². The first-order valence-corrected chi connectivity index (χ1v) is 9.04. The largest absolute Gasteiger partial charge is 0.466 e. The fourth-order valence-corrected chi connectivity index (χ4v) is 3.59. The number of thioether (sulfide) groups is 1. The number of aromatic amines is 1. The van der Waals surface area contributed by atoms with Crippen LogP contribution in [0.1, 0.15) is 24.0 Å². The molecule has 3 rings (SSSR count). The molecule has 2 N–H and O–H groups in total. The van der Waals surface area contributed by atoms with E-state index in [1.165, 1.54) is 18.9 Å². The van der Waals surface area contributed by atoms with Crippen molar-refractivity contribution in [2.75, 3.05) is 18.2 Å². The number of benzene rings is 1. The Morgan fingerprint density at radius 2 is 2.12 bits per heavy atom. The molecule has 6 nitrogen and oxygen atoms in total. The number of rotatable bonds is 5. The second-order valence-electron chi connectivity index (χ2n) is 5.73. The van der Waals surface area contributed by atoms with Crippen LogP contribution in [0, 0.1) is 0 Å². The number of nitrogens with zero attached hydrogens (tertiary/aromatic N) is 1. The van der Waals surface area contributed by atoms with Crippen molar-refractivity contribution in [3.63, 3.8) is 0 Å². The number of nitrogens with one attached hydrogen (secondary N) is 2. The van der Waals surface area contributed by atoms with Crippen LogP contribution in [0.2, 0.25) is 0 Å². The minimum Gasteiger partial charge on any atom is -0.466 e. The summed E-state index contributed by atoms with van der Waals surface area (Å²) >= 11 is 1.38. The lowest BCUT2D eigenvalue weighted by Gasteiger charge is -2.28. The van der Waals surface area contributed by atoms with Crippen LogP contribution < -0.4 is 10.9 Å². The van der Waals surface area contributed by atoms with Crippen molar-refractivity contribution in [1.82, 2.24) is 9.97 Å². The van der Waals surface area contributed by atoms with Gasteiger partial charge in [-0.25, -0.2) is 9.78 Å². The molecular weight excluding hydrogens is 350 g/mol. The van der Waals surface area contributed by atoms with Gasteiger partial charge in [0.2, 0.25) is 0 Å². The first kappa shape index (κ1) is 18.0. The number of hydrogen-bond donors (Lipinski definition) is 2. The van der Waals surface area contributed by atoms with Crippen LogP contribution in [0.25, 0.3) is 0 Å². The average Bonchev–Trinajstić information content (AvgIpc) is 2.65. The topological polar surface area (TPSA) is 84.1 Å². The van der Waals surface area contributed by atoms with Gasteiger partial charge in [0.15, 0.2) is 5.16 Å². The number of ether oxygens (including phenoxy) is 1. The van der Waals surface area contributed by atoms with E-state index in [-0.39, 0.29) is 5.56 Å². The first-order chi connectivity index (χ1) is 12.6. The van der Waals surface area contributed by atoms with E-state index < -0.39 is 11.9 Å². The van der Waals surface area contributed by atoms with E-state index in [1.54, 1.807) is 13.0 Å². The molecule has 2 aromatic rings. The Balaban J connectivity index is 2.20. The number of H-pyrrole nitrogens is 1. The molecule has 1 aromatic heterocycles. The number of hydrogen-bond acceptors (Lipinski definition) is 6. The fourth-order valence-electron chi connectivity index (χ4n) is 3.00. The summed E-state index contributed by atoms with van der Waals surface area (Å²) in [4.78, 5) is 32.6. The highest BCUT2D eigenvalue weighted by Crippen LogP contribution is 2.39. The van der Waals surface area contributed by atoms with Crippen molar-refractivity contribution in [3.8, 4) is 0 Å². The van der Waals surface area contributed by atoms with E-state index in [0.717, 1.165) is 5.56 Å². The number of carbonyl (C=O) groups is 1. The minimum atomic E-state index is -0.547. The maximum atomic E-state index is 12.8. The van der Waals surface area contributed by atoms with Gasteiger partial charge in [-0.1, -0.05) is 48.2 Å². The number of methoxy groups -OCH3 is 1. The van der Waals surface area contributed by atoms with Crippen LogP contribution in [0.5, 0.6) is 0 Å². The molecule has 0 saturated heterocycles. The number of allylic oxidation sites excluding steroid dienone is 1. The summed E-state index contributed by atoms with van der Waals surface area (Å²) in [6.07, 6.45) is 1.74. The number of fused-ring (bicyclic) bond motifs is 1. The van der Waals surface area contributed by atoms with Crippen LogP contribution in [0.4, 0.5) is 5.82 Å². The summed E-state index contributed by atoms with van der Waals surface area (Å²) in [7, 11) is 1.33. The molecule has 1 aliphatic heterocycles. The molecule has 134 valence electrons. The standard InChI is InChI=1S/C19H19N3O3S/c1-4-10-26-19-21-16-15(17(23)22-19)14(12-8-6-5-7-9-12)13(11(2)20-16)18(24)25-3/h4-9,14H,1,10H2,2-3H3,(H2,20,21,22,23). The lowest BCUT2D eigenvalue weighted by atomic mass is 9.82. The smallest absolute Gasteiger partial charge is 0.336 e. The average molecular weight is 369 g/mol. The normalized spacial score (nSPS) is 15.8. The molecule has 2 heterocycles. The van der Waals surface area contributed by atoms with E-state index in [0.29, 0.717) is 33.6 Å². The van der Waals surface area contributed by atoms with Crippen LogP contribution in [-0.2, 0) is 9.53 Å². The van der Waals surface area contributed by atoms with Crippen molar-refractivity contribution in [3.05, 3.63) is 75.7 Å². The SMILES string of the molecule is C=CCSc1nc2c(c(=O)[nH]1)C(c1ccccc1)C(C(=O)OC)=C(C)N2. The minimum absolute atomic E-state index is 0.281. The van der Waals surface area contributed by atoms with Crippen LogP contribution in [0.15, 0.2) is 64.2 Å². The lowest BCUT2D eigenvalue weighted by Crippen LogP contribution is -2.30. The van der Waals surface area contributed by atoms with Gasteiger partial charge in [-0.05, 0) is 12.5 Å². The third-order valence-electron chi connectivity index (χ3n) is 4.10. The van der Waals surface area contributed by atoms with Crippen LogP contribution in [0.3, 0.4) is 0 Å². The molecular formula is C19H19N3O3S. The van der Waals surface area contributed by atoms with Gasteiger partial charge in [0.25, 0.3) is 5.56 Å². The predicted octanol–water partition coefficient (Wildman–Crippen LogP) is 3.05. The van der Waals surface area contributed by atoms with Gasteiger partial charge in [0.1, 0.15) is 5.82 Å². The van der Waals surface area contributed by atoms with Crippen molar-refractivity contribution in [2.24, 2.45) is 0 Å². The highest BCUT2D eigenvalue weighted by atomic mass is 32.2. The molecule has 1 aromatic carbocycles. The summed E-state index contributed by atoms with van der Waals surface area (Å²) in [5.74, 6) is 0.0689. The molecule has 0 fully saturated rings. The maximum absolute atomic E-state index is 12.8. The molecule has 0 amide bonds. The van der Waals surface area contributed by atoms with Gasteiger partial charge in [-0.2, -0.15) is 0 Å². The van der Waals surface area contributed by atoms with Gasteiger partial charge in [-0.3, -0.25) is 4.79 Å². The molecule has 0 saturated carbocycles. The van der Waals surface area contributed by atoms with E-state index in [2.05, 4.69) is 21.9 Å². The molecule has 0 bridgehead atoms. The number of carbonyl (C=O) groups excluding carboxylic acids is 1. The molecule has 26 heavy (non-hydrogen) atoms. The van der Waals surface area contributed by atoms with Crippen LogP contribution >= 0.6 is 11.8 Å². The Hall–Kier alpha value is -2.80. The van der Waals surface area contributed by atoms with Gasteiger partial charge in [-0.15, -0.1) is 6.58 Å². The number of aromatic nitrogens is 2. The lowest BCUT2D eigenvalue weighted by molar-refractivity contribution is -0.136. The van der Waals surface area contributed by atoms with E-state index >= 15 is 0 Å². The zero-order valence-corrected chi connectivity index (χ0v) is 15.4. The van der Waals surface area contributed by atoms with Gasteiger partial charge < -0.3 is 15.0 Å². The van der Waals surface area contributed by atoms with Crippen molar-refractivity contribution < 1.29 is 9.53 Å². The van der Waals surface area contributed by atoms with Crippen molar-refractivity contribution >= 4 is 23.5 Å². The molecule has 1 atom stereocenters. The number of anilines is 1. The Morgan fingerprint density at radius 3 is 2.77 bits per heavy atom. The summed E-state index contributed by atoms with van der Waals surface area (Å²) in [6, 6.07) is 9.40. The van der Waals surface area contributed by atoms with E-state index in [9.17, 15) is 9.59 Å². The monoisotopic (exact) mass is 369 g/mol. The van der Waals surface area contributed by atoms with Gasteiger partial charge >= 0.3 is 5.97 Å². The second-order valence-corrected chi connectivity index (χ2v) is 6.74. The summed E-state index contributed by atoms with van der Waals surface area (Å²) in [5.41, 5.74) is 1.98. The highest BCUT2D eigenvalue weighted by Gasteiger charge is 2.36. The third-order valence-corrected chi connectivity index (χ3v) is 4.97. The Morgan fingerprint density at radius 1 is 1.38 bits per heavy atom.